The molecule has 21 heavy (non-hydrogen) atoms. The van der Waals surface area contributed by atoms with E-state index < -0.39 is 0 Å². The number of thiophene rings is 1. The highest BCUT2D eigenvalue weighted by Crippen LogP contribution is 2.20. The lowest BCUT2D eigenvalue weighted by Crippen LogP contribution is -2.30. The van der Waals surface area contributed by atoms with E-state index in [0.717, 1.165) is 36.5 Å². The van der Waals surface area contributed by atoms with Gasteiger partial charge in [-0.3, -0.25) is 4.79 Å². The predicted octanol–water partition coefficient (Wildman–Crippen LogP) is 1.50. The Morgan fingerprint density at radius 1 is 1.52 bits per heavy atom. The smallest absolute Gasteiger partial charge is 0.274 e. The normalized spacial score (nSPS) is 16.0. The van der Waals surface area contributed by atoms with Gasteiger partial charge in [0.05, 0.1) is 18.3 Å². The molecule has 0 aromatic carbocycles. The van der Waals surface area contributed by atoms with Crippen LogP contribution in [0.4, 0.5) is 0 Å². The highest BCUT2D eigenvalue weighted by molar-refractivity contribution is 7.09. The molecule has 1 aliphatic heterocycles. The molecule has 2 aromatic rings. The fourth-order valence-corrected chi connectivity index (χ4v) is 3.26. The second-order valence-corrected chi connectivity index (χ2v) is 6.24. The average molecular weight is 305 g/mol. The maximum absolute atomic E-state index is 12.2. The number of nitrogens with one attached hydrogen (secondary N) is 2. The molecule has 0 aliphatic carbocycles. The highest BCUT2D eigenvalue weighted by atomic mass is 32.1. The van der Waals surface area contributed by atoms with Crippen LogP contribution in [0.25, 0.3) is 0 Å². The van der Waals surface area contributed by atoms with Gasteiger partial charge in [-0.05, 0) is 44.3 Å². The number of carbonyl (C=O) groups excluding carboxylic acids is 1. The van der Waals surface area contributed by atoms with Gasteiger partial charge >= 0.3 is 0 Å². The number of hydrogen-bond donors (Lipinski definition) is 2. The molecule has 0 saturated carbocycles. The van der Waals surface area contributed by atoms with E-state index in [1.165, 1.54) is 0 Å². The first-order chi connectivity index (χ1) is 10.3. The molecule has 0 spiro atoms. The summed E-state index contributed by atoms with van der Waals surface area (Å²) in [4.78, 5) is 13.4. The first-order valence-corrected chi connectivity index (χ1v) is 8.07. The van der Waals surface area contributed by atoms with Crippen molar-refractivity contribution in [2.75, 3.05) is 13.1 Å². The molecule has 3 heterocycles. The van der Waals surface area contributed by atoms with Crippen LogP contribution in [0.1, 0.15) is 39.9 Å². The van der Waals surface area contributed by atoms with E-state index in [4.69, 9.17) is 0 Å². The molecule has 3 rings (SSSR count). The molecule has 2 N–H and O–H groups in total. The van der Waals surface area contributed by atoms with Gasteiger partial charge in [0.25, 0.3) is 5.91 Å². The maximum atomic E-state index is 12.2. The molecule has 1 saturated heterocycles. The highest BCUT2D eigenvalue weighted by Gasteiger charge is 2.22. The number of nitrogens with zero attached hydrogens (tertiary/aromatic N) is 3. The van der Waals surface area contributed by atoms with Gasteiger partial charge in [-0.25, -0.2) is 4.68 Å². The van der Waals surface area contributed by atoms with E-state index in [2.05, 4.69) is 20.9 Å². The molecule has 7 heteroatoms. The van der Waals surface area contributed by atoms with E-state index >= 15 is 0 Å². The maximum Gasteiger partial charge on any atom is 0.274 e. The summed E-state index contributed by atoms with van der Waals surface area (Å²) in [5.74, 6) is -0.152. The van der Waals surface area contributed by atoms with Crippen LogP contribution in [-0.4, -0.2) is 34.0 Å². The second kappa shape index (κ2) is 6.36. The minimum Gasteiger partial charge on any atom is -0.346 e. The zero-order valence-corrected chi connectivity index (χ0v) is 12.8. The molecule has 112 valence electrons. The van der Waals surface area contributed by atoms with E-state index in [0.29, 0.717) is 18.3 Å². The van der Waals surface area contributed by atoms with Crippen molar-refractivity contribution in [1.82, 2.24) is 25.6 Å². The average Bonchev–Trinajstić information content (AvgIpc) is 3.15. The number of carbonyl (C=O) groups is 1. The summed E-state index contributed by atoms with van der Waals surface area (Å²) < 4.78 is 1.90. The summed E-state index contributed by atoms with van der Waals surface area (Å²) in [5, 5.41) is 16.5. The number of hydrogen-bond acceptors (Lipinski definition) is 5. The van der Waals surface area contributed by atoms with Gasteiger partial charge in [0.15, 0.2) is 5.69 Å². The molecule has 6 nitrogen and oxygen atoms in total. The minimum absolute atomic E-state index is 0.152. The Hall–Kier alpha value is -1.73. The standard InChI is InChI=1S/C14H19N5OS/c1-10-13(14(20)16-9-12-3-2-8-21-12)17-18-19(10)11-4-6-15-7-5-11/h2-3,8,11,15H,4-7,9H2,1H3,(H,16,20). The molecule has 0 radical (unpaired) electrons. The molecule has 0 bridgehead atoms. The molecule has 1 aliphatic rings. The van der Waals surface area contributed by atoms with E-state index in [1.54, 1.807) is 11.3 Å². The molecule has 0 atom stereocenters. The monoisotopic (exact) mass is 305 g/mol. The van der Waals surface area contributed by atoms with Crippen LogP contribution in [0, 0.1) is 6.92 Å². The lowest BCUT2D eigenvalue weighted by Gasteiger charge is -2.23. The predicted molar refractivity (Wildman–Crippen MR) is 81.4 cm³/mol. The second-order valence-electron chi connectivity index (χ2n) is 5.21. The van der Waals surface area contributed by atoms with Crippen LogP contribution in [-0.2, 0) is 6.54 Å². The topological polar surface area (TPSA) is 71.8 Å². The third-order valence-electron chi connectivity index (χ3n) is 3.80. The Balaban J connectivity index is 1.67. The van der Waals surface area contributed by atoms with Crippen molar-refractivity contribution >= 4 is 17.2 Å². The van der Waals surface area contributed by atoms with Gasteiger partial charge in [-0.15, -0.1) is 16.4 Å². The summed E-state index contributed by atoms with van der Waals surface area (Å²) in [6.07, 6.45) is 2.06. The number of rotatable bonds is 4. The Labute approximate surface area is 127 Å². The Bertz CT molecular complexity index is 601. The molecule has 1 amide bonds. The molecular formula is C14H19N5OS. The van der Waals surface area contributed by atoms with Gasteiger partial charge in [-0.1, -0.05) is 11.3 Å². The Kier molecular flexibility index (Phi) is 4.31. The van der Waals surface area contributed by atoms with Gasteiger partial charge in [0.2, 0.25) is 0 Å². The fourth-order valence-electron chi connectivity index (χ4n) is 2.61. The summed E-state index contributed by atoms with van der Waals surface area (Å²) in [6.45, 7) is 4.44. The van der Waals surface area contributed by atoms with Crippen LogP contribution >= 0.6 is 11.3 Å². The number of aromatic nitrogens is 3. The number of amides is 1. The number of piperidine rings is 1. The van der Waals surface area contributed by atoms with Gasteiger partial charge in [0, 0.05) is 4.88 Å². The Morgan fingerprint density at radius 2 is 2.33 bits per heavy atom. The molecular weight excluding hydrogens is 286 g/mol. The quantitative estimate of drug-likeness (QED) is 0.898. The summed E-state index contributed by atoms with van der Waals surface area (Å²) in [5.41, 5.74) is 1.29. The fraction of sp³-hybridized carbons (Fsp3) is 0.500. The van der Waals surface area contributed by atoms with Crippen molar-refractivity contribution < 1.29 is 4.79 Å². The van der Waals surface area contributed by atoms with Crippen molar-refractivity contribution in [3.8, 4) is 0 Å². The zero-order chi connectivity index (χ0) is 14.7. The summed E-state index contributed by atoms with van der Waals surface area (Å²) in [6, 6.07) is 4.33. The first kappa shape index (κ1) is 14.2. The summed E-state index contributed by atoms with van der Waals surface area (Å²) >= 11 is 1.63. The lowest BCUT2D eigenvalue weighted by atomic mass is 10.1. The van der Waals surface area contributed by atoms with Gasteiger partial charge in [-0.2, -0.15) is 0 Å². The minimum atomic E-state index is -0.152. The summed E-state index contributed by atoms with van der Waals surface area (Å²) in [7, 11) is 0. The van der Waals surface area contributed by atoms with Crippen molar-refractivity contribution in [2.24, 2.45) is 0 Å². The molecule has 1 fully saturated rings. The van der Waals surface area contributed by atoms with Crippen LogP contribution in [0.5, 0.6) is 0 Å². The largest absolute Gasteiger partial charge is 0.346 e. The lowest BCUT2D eigenvalue weighted by molar-refractivity contribution is 0.0945. The van der Waals surface area contributed by atoms with Crippen molar-refractivity contribution in [1.29, 1.82) is 0 Å². The SMILES string of the molecule is Cc1c(C(=O)NCc2cccs2)nnn1C1CCNCC1. The third-order valence-corrected chi connectivity index (χ3v) is 4.68. The Morgan fingerprint density at radius 3 is 3.05 bits per heavy atom. The van der Waals surface area contributed by atoms with Crippen LogP contribution in [0.3, 0.4) is 0 Å². The third kappa shape index (κ3) is 3.14. The molecule has 0 unspecified atom stereocenters. The van der Waals surface area contributed by atoms with Crippen LogP contribution < -0.4 is 10.6 Å². The van der Waals surface area contributed by atoms with Crippen molar-refractivity contribution in [2.45, 2.75) is 32.4 Å². The van der Waals surface area contributed by atoms with E-state index in [-0.39, 0.29) is 5.91 Å². The van der Waals surface area contributed by atoms with Crippen molar-refractivity contribution in [3.63, 3.8) is 0 Å². The van der Waals surface area contributed by atoms with Crippen molar-refractivity contribution in [3.05, 3.63) is 33.8 Å². The van der Waals surface area contributed by atoms with Crippen LogP contribution in [0.15, 0.2) is 17.5 Å². The molecule has 2 aromatic heterocycles. The first-order valence-electron chi connectivity index (χ1n) is 7.19. The van der Waals surface area contributed by atoms with Crippen LogP contribution in [0.2, 0.25) is 0 Å². The zero-order valence-electron chi connectivity index (χ0n) is 12.0. The van der Waals surface area contributed by atoms with Gasteiger partial charge < -0.3 is 10.6 Å². The van der Waals surface area contributed by atoms with E-state index in [1.807, 2.05) is 29.1 Å². The van der Waals surface area contributed by atoms with Gasteiger partial charge in [0.1, 0.15) is 0 Å². The van der Waals surface area contributed by atoms with E-state index in [9.17, 15) is 4.79 Å².